The Labute approximate surface area is 124 Å². The van der Waals surface area contributed by atoms with Crippen LogP contribution in [-0.4, -0.2) is 15.0 Å². The lowest BCUT2D eigenvalue weighted by atomic mass is 10.1. The van der Waals surface area contributed by atoms with Crippen LogP contribution < -0.4 is 5.73 Å². The Bertz CT molecular complexity index is 805. The predicted octanol–water partition coefficient (Wildman–Crippen LogP) is 3.64. The number of nitrogen functional groups attached to an aromatic ring is 1. The first-order chi connectivity index (χ1) is 9.72. The molecule has 5 heteroatoms. The van der Waals surface area contributed by atoms with Gasteiger partial charge in [-0.1, -0.05) is 33.3 Å². The fraction of sp³-hybridized carbons (Fsp3) is 0.200. The van der Waals surface area contributed by atoms with Crippen LogP contribution in [0.15, 0.2) is 40.9 Å². The Morgan fingerprint density at radius 3 is 2.65 bits per heavy atom. The number of nitrogens with two attached hydrogens (primary N) is 1. The van der Waals surface area contributed by atoms with E-state index in [1.54, 1.807) is 0 Å². The molecule has 0 unspecified atom stereocenters. The van der Waals surface area contributed by atoms with Crippen molar-refractivity contribution in [2.24, 2.45) is 0 Å². The van der Waals surface area contributed by atoms with Crippen LogP contribution in [0.25, 0.3) is 16.5 Å². The van der Waals surface area contributed by atoms with Gasteiger partial charge in [0.2, 0.25) is 0 Å². The van der Waals surface area contributed by atoms with Crippen molar-refractivity contribution in [2.45, 2.75) is 18.8 Å². The summed E-state index contributed by atoms with van der Waals surface area (Å²) < 4.78 is 2.97. The monoisotopic (exact) mass is 328 g/mol. The van der Waals surface area contributed by atoms with Crippen molar-refractivity contribution in [2.75, 3.05) is 5.73 Å². The third-order valence-corrected chi connectivity index (χ3v) is 4.22. The van der Waals surface area contributed by atoms with E-state index in [1.165, 1.54) is 23.6 Å². The Hall–Kier alpha value is -1.88. The topological polar surface area (TPSA) is 56.7 Å². The molecule has 1 aliphatic carbocycles. The van der Waals surface area contributed by atoms with Crippen LogP contribution in [0, 0.1) is 0 Å². The maximum Gasteiger partial charge on any atom is 0.169 e. The third kappa shape index (κ3) is 1.89. The second kappa shape index (κ2) is 4.31. The summed E-state index contributed by atoms with van der Waals surface area (Å²) in [5.41, 5.74) is 8.03. The first-order valence-corrected chi connectivity index (χ1v) is 7.42. The van der Waals surface area contributed by atoms with Gasteiger partial charge in [-0.25, -0.2) is 4.68 Å². The quantitative estimate of drug-likeness (QED) is 0.781. The maximum absolute atomic E-state index is 5.95. The molecule has 0 spiro atoms. The second-order valence-electron chi connectivity index (χ2n) is 5.22. The zero-order valence-electron chi connectivity index (χ0n) is 10.8. The minimum absolute atomic E-state index is 0.519. The van der Waals surface area contributed by atoms with Gasteiger partial charge in [0.25, 0.3) is 0 Å². The van der Waals surface area contributed by atoms with E-state index in [9.17, 15) is 0 Å². The summed E-state index contributed by atoms with van der Waals surface area (Å²) in [6, 6.07) is 12.5. The number of hydrogen-bond acceptors (Lipinski definition) is 3. The molecule has 4 nitrogen and oxygen atoms in total. The van der Waals surface area contributed by atoms with Gasteiger partial charge in [-0.15, -0.1) is 5.10 Å². The first kappa shape index (κ1) is 11.9. The molecule has 1 aromatic heterocycles. The highest BCUT2D eigenvalue weighted by Crippen LogP contribution is 2.42. The summed E-state index contributed by atoms with van der Waals surface area (Å²) in [7, 11) is 0. The Balaban J connectivity index is 1.88. The van der Waals surface area contributed by atoms with Crippen molar-refractivity contribution in [3.63, 3.8) is 0 Å². The molecule has 3 aromatic rings. The zero-order chi connectivity index (χ0) is 13.7. The van der Waals surface area contributed by atoms with E-state index in [0.29, 0.717) is 11.7 Å². The van der Waals surface area contributed by atoms with Gasteiger partial charge in [0.15, 0.2) is 5.82 Å². The minimum Gasteiger partial charge on any atom is -0.381 e. The molecule has 100 valence electrons. The van der Waals surface area contributed by atoms with E-state index in [2.05, 4.69) is 56.6 Å². The van der Waals surface area contributed by atoms with E-state index in [0.717, 1.165) is 15.9 Å². The van der Waals surface area contributed by atoms with E-state index < -0.39 is 0 Å². The molecule has 0 bridgehead atoms. The number of hydrogen-bond donors (Lipinski definition) is 1. The van der Waals surface area contributed by atoms with Gasteiger partial charge < -0.3 is 5.73 Å². The molecule has 1 aliphatic rings. The number of halogens is 1. The van der Waals surface area contributed by atoms with Crippen molar-refractivity contribution in [3.05, 3.63) is 46.6 Å². The molecule has 1 fully saturated rings. The molecular formula is C15H13BrN4. The van der Waals surface area contributed by atoms with Crippen LogP contribution in [0.1, 0.15) is 24.5 Å². The molecule has 4 rings (SSSR count). The zero-order valence-corrected chi connectivity index (χ0v) is 12.3. The molecule has 0 amide bonds. The average molecular weight is 329 g/mol. The van der Waals surface area contributed by atoms with Gasteiger partial charge in [-0.3, -0.25) is 0 Å². The van der Waals surface area contributed by atoms with Crippen molar-refractivity contribution >= 4 is 32.5 Å². The second-order valence-corrected chi connectivity index (χ2v) is 6.14. The van der Waals surface area contributed by atoms with Gasteiger partial charge >= 0.3 is 0 Å². The number of anilines is 1. The molecule has 20 heavy (non-hydrogen) atoms. The summed E-state index contributed by atoms with van der Waals surface area (Å²) in [4.78, 5) is 0. The average Bonchev–Trinajstić information content (AvgIpc) is 3.21. The number of rotatable bonds is 2. The minimum atomic E-state index is 0.519. The number of fused-ring (bicyclic) bond motifs is 1. The molecule has 0 radical (unpaired) electrons. The summed E-state index contributed by atoms with van der Waals surface area (Å²) in [6.45, 7) is 0. The van der Waals surface area contributed by atoms with E-state index in [-0.39, 0.29) is 0 Å². The molecule has 2 aromatic carbocycles. The smallest absolute Gasteiger partial charge is 0.169 e. The summed E-state index contributed by atoms with van der Waals surface area (Å²) >= 11 is 3.49. The summed E-state index contributed by atoms with van der Waals surface area (Å²) in [6.07, 6.45) is 2.36. The van der Waals surface area contributed by atoms with Crippen LogP contribution >= 0.6 is 15.9 Å². The normalized spacial score (nSPS) is 14.8. The number of benzene rings is 2. The molecule has 2 N–H and O–H groups in total. The Kier molecular flexibility index (Phi) is 2.57. The first-order valence-electron chi connectivity index (χ1n) is 6.63. The highest BCUT2D eigenvalue weighted by Gasteiger charge is 2.31. The molecular weight excluding hydrogens is 316 g/mol. The lowest BCUT2D eigenvalue weighted by molar-refractivity contribution is 0.764. The fourth-order valence-corrected chi connectivity index (χ4v) is 2.94. The highest BCUT2D eigenvalue weighted by molar-refractivity contribution is 9.10. The lowest BCUT2D eigenvalue weighted by Gasteiger charge is -2.07. The van der Waals surface area contributed by atoms with Gasteiger partial charge in [0, 0.05) is 10.4 Å². The van der Waals surface area contributed by atoms with E-state index in [1.807, 2.05) is 10.7 Å². The SMILES string of the molecule is Nc1nnn(-c2ccc3cc(Br)ccc3c2)c1C1CC1. The number of aromatic nitrogens is 3. The van der Waals surface area contributed by atoms with Gasteiger partial charge in [0.1, 0.15) is 0 Å². The molecule has 0 atom stereocenters. The third-order valence-electron chi connectivity index (χ3n) is 3.73. The van der Waals surface area contributed by atoms with E-state index in [4.69, 9.17) is 5.73 Å². The maximum atomic E-state index is 5.95. The Morgan fingerprint density at radius 2 is 1.85 bits per heavy atom. The molecule has 1 heterocycles. The lowest BCUT2D eigenvalue weighted by Crippen LogP contribution is -2.02. The van der Waals surface area contributed by atoms with E-state index >= 15 is 0 Å². The molecule has 0 aliphatic heterocycles. The van der Waals surface area contributed by atoms with Crippen LogP contribution in [0.3, 0.4) is 0 Å². The largest absolute Gasteiger partial charge is 0.381 e. The standard InChI is InChI=1S/C15H13BrN4/c16-12-5-3-11-8-13(6-4-10(11)7-12)20-14(9-1-2-9)15(17)18-19-20/h3-9H,1-2,17H2. The van der Waals surface area contributed by atoms with Crippen LogP contribution in [-0.2, 0) is 0 Å². The van der Waals surface area contributed by atoms with Gasteiger partial charge in [0.05, 0.1) is 11.4 Å². The summed E-state index contributed by atoms with van der Waals surface area (Å²) in [5.74, 6) is 1.08. The highest BCUT2D eigenvalue weighted by atomic mass is 79.9. The molecule has 1 saturated carbocycles. The number of nitrogens with zero attached hydrogens (tertiary/aromatic N) is 3. The van der Waals surface area contributed by atoms with Crippen LogP contribution in [0.2, 0.25) is 0 Å². The fourth-order valence-electron chi connectivity index (χ4n) is 2.57. The molecule has 0 saturated heterocycles. The summed E-state index contributed by atoms with van der Waals surface area (Å²) in [5, 5.41) is 10.6. The van der Waals surface area contributed by atoms with Crippen molar-refractivity contribution < 1.29 is 0 Å². The van der Waals surface area contributed by atoms with Crippen LogP contribution in [0.4, 0.5) is 5.82 Å². The van der Waals surface area contributed by atoms with Gasteiger partial charge in [-0.05, 0) is 47.9 Å². The van der Waals surface area contributed by atoms with Crippen molar-refractivity contribution in [1.29, 1.82) is 0 Å². The van der Waals surface area contributed by atoms with Gasteiger partial charge in [-0.2, -0.15) is 0 Å². The van der Waals surface area contributed by atoms with Crippen molar-refractivity contribution in [1.82, 2.24) is 15.0 Å². The van der Waals surface area contributed by atoms with Crippen molar-refractivity contribution in [3.8, 4) is 5.69 Å². The van der Waals surface area contributed by atoms with Crippen LogP contribution in [0.5, 0.6) is 0 Å². The predicted molar refractivity (Wildman–Crippen MR) is 83.0 cm³/mol. The Morgan fingerprint density at radius 1 is 1.10 bits per heavy atom.